The summed E-state index contributed by atoms with van der Waals surface area (Å²) < 4.78 is 81.4. The summed E-state index contributed by atoms with van der Waals surface area (Å²) in [5.41, 5.74) is 0.982. The van der Waals surface area contributed by atoms with Crippen LogP contribution in [0.2, 0.25) is 0 Å². The SMILES string of the molecule is COc1cc2c(cc1OC)C(c1ccccc1C(F)(F)F)N(S(=O)(=O)c1ccc(C)cc1)CC2. The van der Waals surface area contributed by atoms with Gasteiger partial charge in [0, 0.05) is 6.54 Å². The summed E-state index contributed by atoms with van der Waals surface area (Å²) in [6.07, 6.45) is -4.35. The van der Waals surface area contributed by atoms with Crippen LogP contribution in [0, 0.1) is 6.92 Å². The monoisotopic (exact) mass is 491 g/mol. The Morgan fingerprint density at radius 3 is 2.15 bits per heavy atom. The van der Waals surface area contributed by atoms with Gasteiger partial charge in [0.05, 0.1) is 30.7 Å². The average molecular weight is 492 g/mol. The Morgan fingerprint density at radius 1 is 0.912 bits per heavy atom. The zero-order valence-electron chi connectivity index (χ0n) is 18.9. The van der Waals surface area contributed by atoms with Crippen LogP contribution in [0.5, 0.6) is 11.5 Å². The van der Waals surface area contributed by atoms with Gasteiger partial charge in [-0.2, -0.15) is 17.5 Å². The summed E-state index contributed by atoms with van der Waals surface area (Å²) in [7, 11) is -1.23. The number of rotatable bonds is 5. The van der Waals surface area contributed by atoms with E-state index in [1.54, 1.807) is 24.3 Å². The molecule has 0 spiro atoms. The highest BCUT2D eigenvalue weighted by atomic mass is 32.2. The molecule has 0 saturated heterocycles. The highest BCUT2D eigenvalue weighted by Crippen LogP contribution is 2.46. The maximum absolute atomic E-state index is 14.0. The van der Waals surface area contributed by atoms with Gasteiger partial charge in [0.25, 0.3) is 0 Å². The van der Waals surface area contributed by atoms with Crippen molar-refractivity contribution < 1.29 is 31.1 Å². The maximum atomic E-state index is 14.0. The van der Waals surface area contributed by atoms with Gasteiger partial charge < -0.3 is 9.47 Å². The summed E-state index contributed by atoms with van der Waals surface area (Å²) in [6.45, 7) is 1.84. The Morgan fingerprint density at radius 2 is 1.53 bits per heavy atom. The Bertz CT molecular complexity index is 1300. The molecule has 34 heavy (non-hydrogen) atoms. The highest BCUT2D eigenvalue weighted by molar-refractivity contribution is 7.89. The lowest BCUT2D eigenvalue weighted by Crippen LogP contribution is -2.41. The van der Waals surface area contributed by atoms with E-state index in [4.69, 9.17) is 9.47 Å². The molecule has 1 unspecified atom stereocenters. The number of halogens is 3. The van der Waals surface area contributed by atoms with Gasteiger partial charge >= 0.3 is 6.18 Å². The second kappa shape index (κ2) is 8.96. The number of sulfonamides is 1. The van der Waals surface area contributed by atoms with Crippen LogP contribution in [0.3, 0.4) is 0 Å². The van der Waals surface area contributed by atoms with Crippen molar-refractivity contribution in [3.63, 3.8) is 0 Å². The van der Waals surface area contributed by atoms with Gasteiger partial charge in [0.15, 0.2) is 11.5 Å². The van der Waals surface area contributed by atoms with Gasteiger partial charge in [0.1, 0.15) is 0 Å². The fraction of sp³-hybridized carbons (Fsp3) is 0.280. The normalized spacial score (nSPS) is 16.7. The topological polar surface area (TPSA) is 55.8 Å². The fourth-order valence-electron chi connectivity index (χ4n) is 4.34. The van der Waals surface area contributed by atoms with Crippen molar-refractivity contribution in [2.75, 3.05) is 20.8 Å². The molecule has 3 aromatic carbocycles. The van der Waals surface area contributed by atoms with E-state index in [1.165, 1.54) is 44.6 Å². The summed E-state index contributed by atoms with van der Waals surface area (Å²) >= 11 is 0. The molecule has 1 aliphatic rings. The number of benzene rings is 3. The van der Waals surface area contributed by atoms with Crippen molar-refractivity contribution in [2.45, 2.75) is 30.5 Å². The molecular weight excluding hydrogens is 467 g/mol. The van der Waals surface area contributed by atoms with Crippen molar-refractivity contribution in [1.82, 2.24) is 4.31 Å². The number of alkyl halides is 3. The Balaban J connectivity index is 1.98. The van der Waals surface area contributed by atoms with Crippen LogP contribution in [0.4, 0.5) is 13.2 Å². The second-order valence-corrected chi connectivity index (χ2v) is 9.96. The third kappa shape index (κ3) is 4.25. The molecule has 0 bridgehead atoms. The minimum Gasteiger partial charge on any atom is -0.493 e. The van der Waals surface area contributed by atoms with Gasteiger partial charge in [-0.1, -0.05) is 35.9 Å². The first-order valence-electron chi connectivity index (χ1n) is 10.6. The molecule has 0 saturated carbocycles. The lowest BCUT2D eigenvalue weighted by atomic mass is 9.87. The third-order valence-electron chi connectivity index (χ3n) is 6.02. The Hall–Kier alpha value is -3.04. The molecule has 180 valence electrons. The van der Waals surface area contributed by atoms with Crippen LogP contribution < -0.4 is 9.47 Å². The molecule has 0 aromatic heterocycles. The molecule has 1 atom stereocenters. The zero-order chi connectivity index (χ0) is 24.7. The first-order valence-corrected chi connectivity index (χ1v) is 12.0. The van der Waals surface area contributed by atoms with E-state index in [1.807, 2.05) is 6.92 Å². The highest BCUT2D eigenvalue weighted by Gasteiger charge is 2.43. The lowest BCUT2D eigenvalue weighted by molar-refractivity contribution is -0.138. The minimum atomic E-state index is -4.66. The summed E-state index contributed by atoms with van der Waals surface area (Å²) in [4.78, 5) is 0.0246. The zero-order valence-corrected chi connectivity index (χ0v) is 19.7. The Kier molecular flexibility index (Phi) is 6.35. The van der Waals surface area contributed by atoms with Crippen LogP contribution in [-0.4, -0.2) is 33.5 Å². The molecule has 1 aliphatic heterocycles. The minimum absolute atomic E-state index is 0.00948. The second-order valence-electron chi connectivity index (χ2n) is 8.07. The predicted octanol–water partition coefficient (Wildman–Crippen LogP) is 5.37. The number of hydrogen-bond acceptors (Lipinski definition) is 4. The Labute approximate surface area is 196 Å². The van der Waals surface area contributed by atoms with E-state index in [9.17, 15) is 21.6 Å². The van der Waals surface area contributed by atoms with Crippen molar-refractivity contribution in [2.24, 2.45) is 0 Å². The largest absolute Gasteiger partial charge is 0.493 e. The molecule has 0 fully saturated rings. The summed E-state index contributed by atoms with van der Waals surface area (Å²) in [6, 6.07) is 13.4. The number of fused-ring (bicyclic) bond motifs is 1. The molecule has 9 heteroatoms. The van der Waals surface area contributed by atoms with E-state index >= 15 is 0 Å². The van der Waals surface area contributed by atoms with E-state index in [0.717, 1.165) is 15.9 Å². The fourth-order valence-corrected chi connectivity index (χ4v) is 5.93. The number of methoxy groups -OCH3 is 2. The smallest absolute Gasteiger partial charge is 0.416 e. The molecule has 0 radical (unpaired) electrons. The molecule has 0 N–H and O–H groups in total. The number of aryl methyl sites for hydroxylation is 1. The van der Waals surface area contributed by atoms with Crippen molar-refractivity contribution in [3.05, 3.63) is 88.5 Å². The van der Waals surface area contributed by atoms with Gasteiger partial charge in [-0.3, -0.25) is 0 Å². The van der Waals surface area contributed by atoms with E-state index < -0.39 is 27.8 Å². The van der Waals surface area contributed by atoms with Crippen molar-refractivity contribution in [3.8, 4) is 11.5 Å². The molecular formula is C25H24F3NO4S. The van der Waals surface area contributed by atoms with Crippen LogP contribution in [0.1, 0.15) is 33.9 Å². The lowest BCUT2D eigenvalue weighted by Gasteiger charge is -2.38. The molecule has 5 nitrogen and oxygen atoms in total. The molecule has 4 rings (SSSR count). The molecule has 3 aromatic rings. The van der Waals surface area contributed by atoms with Gasteiger partial charge in [-0.15, -0.1) is 0 Å². The number of hydrogen-bond donors (Lipinski definition) is 0. The van der Waals surface area contributed by atoms with Gasteiger partial charge in [-0.25, -0.2) is 8.42 Å². The predicted molar refractivity (Wildman–Crippen MR) is 122 cm³/mol. The van der Waals surface area contributed by atoms with Crippen LogP contribution in [0.25, 0.3) is 0 Å². The van der Waals surface area contributed by atoms with E-state index in [2.05, 4.69) is 0 Å². The summed E-state index contributed by atoms with van der Waals surface area (Å²) in [5.74, 6) is 0.740. The van der Waals surface area contributed by atoms with Crippen molar-refractivity contribution in [1.29, 1.82) is 0 Å². The van der Waals surface area contributed by atoms with E-state index in [-0.39, 0.29) is 17.0 Å². The first-order chi connectivity index (χ1) is 16.1. The van der Waals surface area contributed by atoms with Crippen LogP contribution >= 0.6 is 0 Å². The number of ether oxygens (including phenoxy) is 2. The standard InChI is InChI=1S/C25H24F3NO4S/c1-16-8-10-18(11-9-16)34(30,31)29-13-12-17-14-22(32-2)23(33-3)15-20(17)24(29)19-6-4-5-7-21(19)25(26,27)28/h4-11,14-15,24H,12-13H2,1-3H3. The molecule has 1 heterocycles. The number of nitrogens with zero attached hydrogens (tertiary/aromatic N) is 1. The quantitative estimate of drug-likeness (QED) is 0.482. The third-order valence-corrected chi connectivity index (χ3v) is 7.90. The first kappa shape index (κ1) is 24.1. The van der Waals surface area contributed by atoms with Crippen LogP contribution in [-0.2, 0) is 22.6 Å². The average Bonchev–Trinajstić information content (AvgIpc) is 2.82. The van der Waals surface area contributed by atoms with E-state index in [0.29, 0.717) is 29.0 Å². The van der Waals surface area contributed by atoms with Crippen molar-refractivity contribution >= 4 is 10.0 Å². The maximum Gasteiger partial charge on any atom is 0.416 e. The van der Waals surface area contributed by atoms with Gasteiger partial charge in [0.2, 0.25) is 10.0 Å². The molecule has 0 amide bonds. The summed E-state index contributed by atoms with van der Waals surface area (Å²) in [5, 5.41) is 0. The molecule has 0 aliphatic carbocycles. The van der Waals surface area contributed by atoms with Crippen LogP contribution in [0.15, 0.2) is 65.6 Å². The van der Waals surface area contributed by atoms with Gasteiger partial charge in [-0.05, 0) is 60.4 Å².